The maximum atomic E-state index is 12.3. The van der Waals surface area contributed by atoms with Crippen molar-refractivity contribution in [2.24, 2.45) is 0 Å². The fourth-order valence-electron chi connectivity index (χ4n) is 1.84. The van der Waals surface area contributed by atoms with E-state index < -0.39 is 0 Å². The normalized spacial score (nSPS) is 11.2. The molecule has 4 heteroatoms. The molecule has 0 saturated heterocycles. The average Bonchev–Trinajstić information content (AvgIpc) is 2.32. The molecule has 0 N–H and O–H groups in total. The Hall–Kier alpha value is -1.68. The molecule has 3 nitrogen and oxygen atoms in total. The Morgan fingerprint density at radius 2 is 1.94 bits per heavy atom. The van der Waals surface area contributed by atoms with Crippen LogP contribution >= 0.6 is 15.9 Å². The van der Waals surface area contributed by atoms with Gasteiger partial charge in [-0.2, -0.15) is 0 Å². The molecule has 0 saturated carbocycles. The van der Waals surface area contributed by atoms with Crippen molar-refractivity contribution in [1.82, 2.24) is 4.98 Å². The molecule has 0 spiro atoms. The third-order valence-electron chi connectivity index (χ3n) is 2.65. The van der Waals surface area contributed by atoms with Crippen LogP contribution in [0.1, 0.15) is 5.69 Å². The highest BCUT2D eigenvalue weighted by atomic mass is 79.9. The smallest absolute Gasteiger partial charge is 0.200 e. The standard InChI is InChI=1S/C13H8BrNO2/c1-7-4-9-12(6-15-7)17-11-3-2-8(14)5-10(11)13(9)16/h2-6H,1H3. The summed E-state index contributed by atoms with van der Waals surface area (Å²) in [5.74, 6) is 0. The first-order valence-corrected chi connectivity index (χ1v) is 5.93. The van der Waals surface area contributed by atoms with Gasteiger partial charge in [0.15, 0.2) is 5.58 Å². The zero-order chi connectivity index (χ0) is 12.0. The molecule has 3 aromatic rings. The van der Waals surface area contributed by atoms with Crippen molar-refractivity contribution in [3.63, 3.8) is 0 Å². The Bertz CT molecular complexity index is 729. The van der Waals surface area contributed by atoms with Gasteiger partial charge in [0.25, 0.3) is 0 Å². The Balaban J connectivity index is 2.58. The minimum absolute atomic E-state index is 0.0203. The molecule has 17 heavy (non-hydrogen) atoms. The van der Waals surface area contributed by atoms with E-state index >= 15 is 0 Å². The van der Waals surface area contributed by atoms with Crippen LogP contribution in [0.2, 0.25) is 0 Å². The van der Waals surface area contributed by atoms with Crippen molar-refractivity contribution < 1.29 is 4.42 Å². The Labute approximate surface area is 105 Å². The second-order valence-electron chi connectivity index (χ2n) is 3.89. The Morgan fingerprint density at radius 1 is 1.18 bits per heavy atom. The van der Waals surface area contributed by atoms with Crippen LogP contribution in [-0.2, 0) is 0 Å². The third kappa shape index (κ3) is 1.65. The molecule has 0 amide bonds. The zero-order valence-corrected chi connectivity index (χ0v) is 10.6. The number of hydrogen-bond donors (Lipinski definition) is 0. The summed E-state index contributed by atoms with van der Waals surface area (Å²) in [5.41, 5.74) is 1.89. The Morgan fingerprint density at radius 3 is 2.76 bits per heavy atom. The first-order chi connectivity index (χ1) is 8.15. The monoisotopic (exact) mass is 289 g/mol. The van der Waals surface area contributed by atoms with Gasteiger partial charge < -0.3 is 4.42 Å². The molecule has 0 aliphatic rings. The van der Waals surface area contributed by atoms with Crippen LogP contribution in [0.3, 0.4) is 0 Å². The van der Waals surface area contributed by atoms with Gasteiger partial charge in [0.1, 0.15) is 5.58 Å². The number of hydrogen-bond acceptors (Lipinski definition) is 3. The fraction of sp³-hybridized carbons (Fsp3) is 0.0769. The van der Waals surface area contributed by atoms with E-state index in [1.807, 2.05) is 13.0 Å². The van der Waals surface area contributed by atoms with E-state index in [0.717, 1.165) is 10.2 Å². The lowest BCUT2D eigenvalue weighted by atomic mass is 10.1. The molecule has 0 bridgehead atoms. The maximum Gasteiger partial charge on any atom is 0.200 e. The van der Waals surface area contributed by atoms with E-state index in [9.17, 15) is 4.79 Å². The van der Waals surface area contributed by atoms with Crippen LogP contribution < -0.4 is 5.43 Å². The van der Waals surface area contributed by atoms with Crippen LogP contribution in [0.4, 0.5) is 0 Å². The van der Waals surface area contributed by atoms with Crippen LogP contribution in [0.5, 0.6) is 0 Å². The molecular weight excluding hydrogens is 282 g/mol. The summed E-state index contributed by atoms with van der Waals surface area (Å²) >= 11 is 3.35. The first-order valence-electron chi connectivity index (χ1n) is 5.14. The van der Waals surface area contributed by atoms with Crippen molar-refractivity contribution in [3.05, 3.63) is 50.9 Å². The summed E-state index contributed by atoms with van der Waals surface area (Å²) in [6, 6.07) is 7.15. The maximum absolute atomic E-state index is 12.3. The molecule has 0 aliphatic carbocycles. The number of halogens is 1. The van der Waals surface area contributed by atoms with Gasteiger partial charge in [-0.1, -0.05) is 15.9 Å². The molecule has 0 fully saturated rings. The highest BCUT2D eigenvalue weighted by Crippen LogP contribution is 2.21. The lowest BCUT2D eigenvalue weighted by Gasteiger charge is -2.01. The molecular formula is C13H8BrNO2. The largest absolute Gasteiger partial charge is 0.454 e. The highest BCUT2D eigenvalue weighted by molar-refractivity contribution is 9.10. The van der Waals surface area contributed by atoms with Gasteiger partial charge in [0, 0.05) is 10.2 Å². The van der Waals surface area contributed by atoms with Crippen molar-refractivity contribution in [2.75, 3.05) is 0 Å². The summed E-state index contributed by atoms with van der Waals surface area (Å²) in [6.45, 7) is 1.85. The number of benzene rings is 1. The Kier molecular flexibility index (Phi) is 2.26. The second-order valence-corrected chi connectivity index (χ2v) is 4.81. The summed E-state index contributed by atoms with van der Waals surface area (Å²) in [7, 11) is 0. The number of fused-ring (bicyclic) bond motifs is 2. The highest BCUT2D eigenvalue weighted by Gasteiger charge is 2.08. The van der Waals surface area contributed by atoms with Gasteiger partial charge in [-0.25, -0.2) is 0 Å². The lowest BCUT2D eigenvalue weighted by molar-refractivity contribution is 0.657. The van der Waals surface area contributed by atoms with E-state index in [1.165, 1.54) is 0 Å². The van der Waals surface area contributed by atoms with Gasteiger partial charge in [-0.3, -0.25) is 9.78 Å². The van der Waals surface area contributed by atoms with Crippen LogP contribution in [0.15, 0.2) is 44.1 Å². The minimum atomic E-state index is -0.0203. The van der Waals surface area contributed by atoms with Gasteiger partial charge in [0.05, 0.1) is 17.0 Å². The van der Waals surface area contributed by atoms with Crippen LogP contribution in [-0.4, -0.2) is 4.98 Å². The number of pyridine rings is 1. The minimum Gasteiger partial charge on any atom is -0.454 e. The summed E-state index contributed by atoms with van der Waals surface area (Å²) in [4.78, 5) is 16.4. The van der Waals surface area contributed by atoms with E-state index in [0.29, 0.717) is 21.9 Å². The molecule has 2 aromatic heterocycles. The van der Waals surface area contributed by atoms with E-state index in [2.05, 4.69) is 20.9 Å². The molecule has 1 aromatic carbocycles. The fourth-order valence-corrected chi connectivity index (χ4v) is 2.20. The van der Waals surface area contributed by atoms with Gasteiger partial charge >= 0.3 is 0 Å². The van der Waals surface area contributed by atoms with E-state index in [4.69, 9.17) is 4.42 Å². The first kappa shape index (κ1) is 10.5. The van der Waals surface area contributed by atoms with Crippen molar-refractivity contribution in [2.45, 2.75) is 6.92 Å². The van der Waals surface area contributed by atoms with Crippen LogP contribution in [0.25, 0.3) is 21.9 Å². The molecule has 3 rings (SSSR count). The molecule has 0 aliphatic heterocycles. The summed E-state index contributed by atoms with van der Waals surface area (Å²) < 4.78 is 6.52. The van der Waals surface area contributed by atoms with E-state index in [-0.39, 0.29) is 5.43 Å². The van der Waals surface area contributed by atoms with Gasteiger partial charge in [-0.05, 0) is 31.2 Å². The topological polar surface area (TPSA) is 43.1 Å². The molecule has 0 unspecified atom stereocenters. The molecule has 2 heterocycles. The average molecular weight is 290 g/mol. The number of aromatic nitrogens is 1. The number of nitrogens with zero attached hydrogens (tertiary/aromatic N) is 1. The SMILES string of the molecule is Cc1cc2c(=O)c3cc(Br)ccc3oc2cn1. The van der Waals surface area contributed by atoms with Crippen molar-refractivity contribution in [3.8, 4) is 0 Å². The summed E-state index contributed by atoms with van der Waals surface area (Å²) in [5, 5.41) is 1.15. The predicted octanol–water partition coefficient (Wildman–Crippen LogP) is 3.41. The number of rotatable bonds is 0. The van der Waals surface area contributed by atoms with Gasteiger partial charge in [-0.15, -0.1) is 0 Å². The lowest BCUT2D eigenvalue weighted by Crippen LogP contribution is -2.02. The zero-order valence-electron chi connectivity index (χ0n) is 9.03. The van der Waals surface area contributed by atoms with Crippen LogP contribution in [0, 0.1) is 6.92 Å². The predicted molar refractivity (Wildman–Crippen MR) is 70.2 cm³/mol. The van der Waals surface area contributed by atoms with Crippen molar-refractivity contribution in [1.29, 1.82) is 0 Å². The quantitative estimate of drug-likeness (QED) is 0.596. The molecule has 0 atom stereocenters. The summed E-state index contributed by atoms with van der Waals surface area (Å²) in [6.07, 6.45) is 1.59. The second kappa shape index (κ2) is 3.67. The molecule has 0 radical (unpaired) electrons. The number of aryl methyl sites for hydroxylation is 1. The van der Waals surface area contributed by atoms with E-state index in [1.54, 1.807) is 24.4 Å². The van der Waals surface area contributed by atoms with Gasteiger partial charge in [0.2, 0.25) is 5.43 Å². The molecule has 84 valence electrons. The third-order valence-corrected chi connectivity index (χ3v) is 3.15. The van der Waals surface area contributed by atoms with Crippen molar-refractivity contribution >= 4 is 37.9 Å².